The first-order valence-electron chi connectivity index (χ1n) is 6.00. The average molecular weight is 335 g/mol. The summed E-state index contributed by atoms with van der Waals surface area (Å²) in [5.41, 5.74) is -2.58. The molecule has 0 aliphatic heterocycles. The zero-order chi connectivity index (χ0) is 17.1. The fraction of sp³-hybridized carbons (Fsp3) is 0.333. The summed E-state index contributed by atoms with van der Waals surface area (Å²) in [6.07, 6.45) is -4.89. The van der Waals surface area contributed by atoms with Crippen LogP contribution >= 0.6 is 12.2 Å². The lowest BCUT2D eigenvalue weighted by atomic mass is 10.1. The second-order valence-corrected chi connectivity index (χ2v) is 4.99. The van der Waals surface area contributed by atoms with Crippen molar-refractivity contribution in [3.05, 3.63) is 33.9 Å². The van der Waals surface area contributed by atoms with Crippen molar-refractivity contribution >= 4 is 34.6 Å². The molecule has 0 unspecified atom stereocenters. The molecule has 1 rings (SSSR count). The molecular formula is C12H12F3N3O3S. The van der Waals surface area contributed by atoms with E-state index in [1.807, 2.05) is 0 Å². The SMILES string of the molecule is CC(C)C(=O)NC(=S)Nc1ccc([N+](=O)[O-])c(C(F)(F)F)c1. The first-order chi connectivity index (χ1) is 10.0. The van der Waals surface area contributed by atoms with Crippen LogP contribution in [0.1, 0.15) is 19.4 Å². The molecule has 1 amide bonds. The highest BCUT2D eigenvalue weighted by atomic mass is 32.1. The van der Waals surface area contributed by atoms with Gasteiger partial charge in [-0.15, -0.1) is 0 Å². The maximum absolute atomic E-state index is 12.8. The number of benzene rings is 1. The maximum Gasteiger partial charge on any atom is 0.423 e. The number of nitro groups is 1. The molecule has 0 aromatic heterocycles. The van der Waals surface area contributed by atoms with Gasteiger partial charge >= 0.3 is 6.18 Å². The van der Waals surface area contributed by atoms with Crippen LogP contribution in [0.15, 0.2) is 18.2 Å². The molecule has 0 heterocycles. The van der Waals surface area contributed by atoms with Crippen molar-refractivity contribution in [2.24, 2.45) is 5.92 Å². The Hall–Kier alpha value is -2.23. The lowest BCUT2D eigenvalue weighted by Crippen LogP contribution is -2.36. The number of thiocarbonyl (C=S) groups is 1. The Labute approximate surface area is 128 Å². The number of anilines is 1. The van der Waals surface area contributed by atoms with Crippen LogP contribution in [-0.4, -0.2) is 15.9 Å². The van der Waals surface area contributed by atoms with Crippen LogP contribution in [-0.2, 0) is 11.0 Å². The minimum absolute atomic E-state index is 0.119. The van der Waals surface area contributed by atoms with Crippen molar-refractivity contribution in [2.45, 2.75) is 20.0 Å². The van der Waals surface area contributed by atoms with Crippen molar-refractivity contribution in [1.82, 2.24) is 5.32 Å². The highest BCUT2D eigenvalue weighted by molar-refractivity contribution is 7.80. The zero-order valence-electron chi connectivity index (χ0n) is 11.5. The largest absolute Gasteiger partial charge is 0.423 e. The topological polar surface area (TPSA) is 84.3 Å². The van der Waals surface area contributed by atoms with E-state index in [0.717, 1.165) is 12.1 Å². The Balaban J connectivity index is 3.01. The van der Waals surface area contributed by atoms with Gasteiger partial charge < -0.3 is 10.6 Å². The fourth-order valence-electron chi connectivity index (χ4n) is 1.42. The molecule has 0 saturated carbocycles. The van der Waals surface area contributed by atoms with Gasteiger partial charge in [-0.1, -0.05) is 13.8 Å². The van der Waals surface area contributed by atoms with Gasteiger partial charge in [-0.2, -0.15) is 13.2 Å². The zero-order valence-corrected chi connectivity index (χ0v) is 12.3. The van der Waals surface area contributed by atoms with Gasteiger partial charge in [0.1, 0.15) is 5.56 Å². The lowest BCUT2D eigenvalue weighted by Gasteiger charge is -2.13. The van der Waals surface area contributed by atoms with Gasteiger partial charge in [0.2, 0.25) is 5.91 Å². The predicted octanol–water partition coefficient (Wildman–Crippen LogP) is 3.08. The summed E-state index contributed by atoms with van der Waals surface area (Å²) in [6.45, 7) is 3.23. The molecule has 0 radical (unpaired) electrons. The van der Waals surface area contributed by atoms with Crippen LogP contribution in [0.4, 0.5) is 24.5 Å². The Morgan fingerprint density at radius 2 is 1.95 bits per heavy atom. The number of hydrogen-bond donors (Lipinski definition) is 2. The molecule has 10 heteroatoms. The number of carbonyl (C=O) groups is 1. The van der Waals surface area contributed by atoms with Crippen LogP contribution in [0.5, 0.6) is 0 Å². The van der Waals surface area contributed by atoms with Crippen LogP contribution in [0, 0.1) is 16.0 Å². The van der Waals surface area contributed by atoms with E-state index >= 15 is 0 Å². The van der Waals surface area contributed by atoms with Crippen molar-refractivity contribution in [3.8, 4) is 0 Å². The molecule has 22 heavy (non-hydrogen) atoms. The number of rotatable bonds is 3. The molecule has 2 N–H and O–H groups in total. The molecule has 120 valence electrons. The third-order valence-corrected chi connectivity index (χ3v) is 2.72. The van der Waals surface area contributed by atoms with Crippen molar-refractivity contribution in [3.63, 3.8) is 0 Å². The number of amides is 1. The third kappa shape index (κ3) is 4.65. The van der Waals surface area contributed by atoms with Gasteiger partial charge in [0.15, 0.2) is 5.11 Å². The van der Waals surface area contributed by atoms with Gasteiger partial charge in [0.25, 0.3) is 5.69 Å². The third-order valence-electron chi connectivity index (χ3n) is 2.52. The predicted molar refractivity (Wildman–Crippen MR) is 77.3 cm³/mol. The standard InChI is InChI=1S/C12H12F3N3O3S/c1-6(2)10(19)17-11(22)16-7-3-4-9(18(20)21)8(5-7)12(13,14)15/h3-6H,1-2H3,(H2,16,17,19,22). The van der Waals surface area contributed by atoms with Gasteiger partial charge in [-0.05, 0) is 24.4 Å². The molecular weight excluding hydrogens is 323 g/mol. The molecule has 0 fully saturated rings. The number of nitrogens with zero attached hydrogens (tertiary/aromatic N) is 1. The van der Waals surface area contributed by atoms with E-state index in [9.17, 15) is 28.1 Å². The van der Waals surface area contributed by atoms with Gasteiger partial charge in [0.05, 0.1) is 4.92 Å². The molecule has 6 nitrogen and oxygen atoms in total. The summed E-state index contributed by atoms with van der Waals surface area (Å²) >= 11 is 4.79. The van der Waals surface area contributed by atoms with Crippen LogP contribution in [0.25, 0.3) is 0 Å². The van der Waals surface area contributed by atoms with E-state index in [0.29, 0.717) is 6.07 Å². The molecule has 0 saturated heterocycles. The number of nitro benzene ring substituents is 1. The van der Waals surface area contributed by atoms with E-state index in [1.54, 1.807) is 13.8 Å². The maximum atomic E-state index is 12.8. The molecule has 1 aromatic carbocycles. The van der Waals surface area contributed by atoms with Gasteiger partial charge in [-0.25, -0.2) is 0 Å². The molecule has 0 aliphatic rings. The summed E-state index contributed by atoms with van der Waals surface area (Å²) in [6, 6.07) is 2.35. The Morgan fingerprint density at radius 1 is 1.36 bits per heavy atom. The van der Waals surface area contributed by atoms with E-state index < -0.39 is 28.3 Å². The van der Waals surface area contributed by atoms with E-state index in [1.165, 1.54) is 0 Å². The van der Waals surface area contributed by atoms with E-state index in [-0.39, 0.29) is 16.7 Å². The van der Waals surface area contributed by atoms with Crippen LogP contribution in [0.2, 0.25) is 0 Å². The number of nitrogens with one attached hydrogen (secondary N) is 2. The van der Waals surface area contributed by atoms with E-state index in [4.69, 9.17) is 12.2 Å². The van der Waals surface area contributed by atoms with Gasteiger partial charge in [0, 0.05) is 17.7 Å². The second kappa shape index (κ2) is 6.69. The molecule has 0 atom stereocenters. The van der Waals surface area contributed by atoms with Crippen molar-refractivity contribution < 1.29 is 22.9 Å². The van der Waals surface area contributed by atoms with Crippen molar-refractivity contribution in [1.29, 1.82) is 0 Å². The monoisotopic (exact) mass is 335 g/mol. The Kier molecular flexibility index (Phi) is 5.42. The summed E-state index contributed by atoms with van der Waals surface area (Å²) in [5.74, 6) is -0.766. The molecule has 0 bridgehead atoms. The average Bonchev–Trinajstić information content (AvgIpc) is 2.36. The van der Waals surface area contributed by atoms with E-state index in [2.05, 4.69) is 10.6 Å². The summed E-state index contributed by atoms with van der Waals surface area (Å²) < 4.78 is 38.4. The van der Waals surface area contributed by atoms with Crippen LogP contribution < -0.4 is 10.6 Å². The van der Waals surface area contributed by atoms with Gasteiger partial charge in [-0.3, -0.25) is 14.9 Å². The highest BCUT2D eigenvalue weighted by Crippen LogP contribution is 2.37. The summed E-state index contributed by atoms with van der Waals surface area (Å²) in [7, 11) is 0. The number of hydrogen-bond acceptors (Lipinski definition) is 4. The quantitative estimate of drug-likeness (QED) is 0.504. The second-order valence-electron chi connectivity index (χ2n) is 4.58. The Bertz CT molecular complexity index is 617. The molecule has 0 spiro atoms. The first kappa shape index (κ1) is 17.8. The highest BCUT2D eigenvalue weighted by Gasteiger charge is 2.38. The number of halogens is 3. The minimum atomic E-state index is -4.89. The minimum Gasteiger partial charge on any atom is -0.332 e. The molecule has 1 aromatic rings. The van der Waals surface area contributed by atoms with Crippen molar-refractivity contribution in [2.75, 3.05) is 5.32 Å². The molecule has 0 aliphatic carbocycles. The summed E-state index contributed by atoms with van der Waals surface area (Å²) in [4.78, 5) is 20.9. The first-order valence-corrected chi connectivity index (χ1v) is 6.40. The normalized spacial score (nSPS) is 11.2. The number of carbonyl (C=O) groups excluding carboxylic acids is 1. The fourth-order valence-corrected chi connectivity index (χ4v) is 1.64. The van der Waals surface area contributed by atoms with Crippen LogP contribution in [0.3, 0.4) is 0 Å². The lowest BCUT2D eigenvalue weighted by molar-refractivity contribution is -0.388. The Morgan fingerprint density at radius 3 is 2.41 bits per heavy atom. The number of alkyl halides is 3. The smallest absolute Gasteiger partial charge is 0.332 e. The summed E-state index contributed by atoms with van der Waals surface area (Å²) in [5, 5.41) is 15.1.